The first-order valence-corrected chi connectivity index (χ1v) is 11.5. The van der Waals surface area contributed by atoms with Gasteiger partial charge in [-0.25, -0.2) is 0 Å². The maximum atomic E-state index is 13.1. The van der Waals surface area contributed by atoms with Crippen molar-refractivity contribution < 1.29 is 14.3 Å². The minimum atomic E-state index is -0.253. The number of benzene rings is 2. The number of hydrogen-bond donors (Lipinski definition) is 1. The van der Waals surface area contributed by atoms with Crippen LogP contribution in [0.15, 0.2) is 66.0 Å². The Kier molecular flexibility index (Phi) is 6.67. The fourth-order valence-electron chi connectivity index (χ4n) is 3.78. The molecule has 0 spiro atoms. The van der Waals surface area contributed by atoms with E-state index in [0.717, 1.165) is 23.3 Å². The molecule has 4 rings (SSSR count). The zero-order valence-corrected chi connectivity index (χ0v) is 18.4. The van der Waals surface area contributed by atoms with Crippen LogP contribution in [0.2, 0.25) is 0 Å². The number of fused-ring (bicyclic) bond motifs is 1. The lowest BCUT2D eigenvalue weighted by Crippen LogP contribution is -2.41. The Bertz CT molecular complexity index is 1030. The van der Waals surface area contributed by atoms with Gasteiger partial charge in [0, 0.05) is 4.88 Å². The SMILES string of the molecule is CCCc1ccc(C(NC(=O)CN2C(=O)CCOc3ccccc32)c2cccs2)cc1. The molecule has 0 bridgehead atoms. The molecule has 1 aliphatic heterocycles. The summed E-state index contributed by atoms with van der Waals surface area (Å²) < 4.78 is 5.68. The fraction of sp³-hybridized carbons (Fsp3) is 0.280. The highest BCUT2D eigenvalue weighted by molar-refractivity contribution is 7.10. The molecule has 1 atom stereocenters. The molecule has 0 radical (unpaired) electrons. The van der Waals surface area contributed by atoms with Gasteiger partial charge in [0.15, 0.2) is 0 Å². The minimum absolute atomic E-state index is 0.0466. The number of rotatable bonds is 7. The number of para-hydroxylation sites is 2. The van der Waals surface area contributed by atoms with Gasteiger partial charge in [-0.1, -0.05) is 55.8 Å². The molecule has 1 aliphatic rings. The molecule has 1 aromatic heterocycles. The molecule has 31 heavy (non-hydrogen) atoms. The van der Waals surface area contributed by atoms with Gasteiger partial charge in [-0.15, -0.1) is 11.3 Å². The van der Waals surface area contributed by atoms with Gasteiger partial charge >= 0.3 is 0 Å². The summed E-state index contributed by atoms with van der Waals surface area (Å²) >= 11 is 1.61. The third-order valence-electron chi connectivity index (χ3n) is 5.32. The Balaban J connectivity index is 1.55. The third-order valence-corrected chi connectivity index (χ3v) is 6.25. The molecule has 1 N–H and O–H groups in total. The van der Waals surface area contributed by atoms with Crippen LogP contribution in [0.3, 0.4) is 0 Å². The predicted molar refractivity (Wildman–Crippen MR) is 124 cm³/mol. The lowest BCUT2D eigenvalue weighted by Gasteiger charge is -2.24. The van der Waals surface area contributed by atoms with Crippen molar-refractivity contribution in [3.8, 4) is 5.75 Å². The van der Waals surface area contributed by atoms with Gasteiger partial charge in [0.25, 0.3) is 0 Å². The van der Waals surface area contributed by atoms with Crippen LogP contribution in [0.1, 0.15) is 41.8 Å². The molecule has 2 amide bonds. The third kappa shape index (κ3) is 4.97. The quantitative estimate of drug-likeness (QED) is 0.585. The number of thiophene rings is 1. The average Bonchev–Trinajstić information content (AvgIpc) is 3.27. The number of ether oxygens (including phenoxy) is 1. The van der Waals surface area contributed by atoms with Crippen LogP contribution in [-0.4, -0.2) is 25.0 Å². The van der Waals surface area contributed by atoms with Crippen molar-refractivity contribution in [2.24, 2.45) is 0 Å². The van der Waals surface area contributed by atoms with E-state index in [1.807, 2.05) is 41.8 Å². The second-order valence-electron chi connectivity index (χ2n) is 7.55. The number of nitrogens with one attached hydrogen (secondary N) is 1. The summed E-state index contributed by atoms with van der Waals surface area (Å²) in [5, 5.41) is 5.15. The Morgan fingerprint density at radius 1 is 1.13 bits per heavy atom. The minimum Gasteiger partial charge on any atom is -0.491 e. The lowest BCUT2D eigenvalue weighted by molar-refractivity contribution is -0.124. The van der Waals surface area contributed by atoms with E-state index in [9.17, 15) is 9.59 Å². The second kappa shape index (κ2) is 9.79. The smallest absolute Gasteiger partial charge is 0.240 e. The molecule has 3 aromatic rings. The summed E-state index contributed by atoms with van der Waals surface area (Å²) in [5.74, 6) is 0.306. The van der Waals surface area contributed by atoms with Crippen molar-refractivity contribution in [3.05, 3.63) is 82.0 Å². The highest BCUT2D eigenvalue weighted by Gasteiger charge is 2.26. The van der Waals surface area contributed by atoms with Crippen LogP contribution in [0.5, 0.6) is 5.75 Å². The standard InChI is InChI=1S/C25H26N2O3S/c1-2-6-18-10-12-19(13-11-18)25(22-9-5-16-31-22)26-23(28)17-27-20-7-3-4-8-21(20)30-15-14-24(27)29/h3-5,7-13,16,25H,2,6,14-15,17H2,1H3,(H,26,28). The zero-order valence-electron chi connectivity index (χ0n) is 17.5. The predicted octanol–water partition coefficient (Wildman–Crippen LogP) is 4.72. The number of nitrogens with zero attached hydrogens (tertiary/aromatic N) is 1. The zero-order chi connectivity index (χ0) is 21.6. The number of aryl methyl sites for hydroxylation is 1. The summed E-state index contributed by atoms with van der Waals surface area (Å²) in [6.45, 7) is 2.43. The van der Waals surface area contributed by atoms with Crippen molar-refractivity contribution in [1.82, 2.24) is 5.32 Å². The monoisotopic (exact) mass is 434 g/mol. The molecule has 1 unspecified atom stereocenters. The van der Waals surface area contributed by atoms with Gasteiger partial charge in [0.05, 0.1) is 24.8 Å². The summed E-state index contributed by atoms with van der Waals surface area (Å²) in [4.78, 5) is 28.3. The maximum absolute atomic E-state index is 13.1. The summed E-state index contributed by atoms with van der Waals surface area (Å²) in [6, 6.07) is 19.5. The van der Waals surface area contributed by atoms with Crippen molar-refractivity contribution in [3.63, 3.8) is 0 Å². The first kappa shape index (κ1) is 21.1. The number of anilines is 1. The van der Waals surface area contributed by atoms with Crippen molar-refractivity contribution >= 4 is 28.8 Å². The van der Waals surface area contributed by atoms with Crippen LogP contribution < -0.4 is 15.0 Å². The van der Waals surface area contributed by atoms with E-state index < -0.39 is 0 Å². The van der Waals surface area contributed by atoms with Crippen LogP contribution in [-0.2, 0) is 16.0 Å². The Labute approximate surface area is 186 Å². The summed E-state index contributed by atoms with van der Waals surface area (Å²) in [7, 11) is 0. The lowest BCUT2D eigenvalue weighted by atomic mass is 10.0. The van der Waals surface area contributed by atoms with Crippen LogP contribution in [0.4, 0.5) is 5.69 Å². The van der Waals surface area contributed by atoms with Gasteiger partial charge in [0.2, 0.25) is 11.8 Å². The topological polar surface area (TPSA) is 58.6 Å². The van der Waals surface area contributed by atoms with Gasteiger partial charge in [0.1, 0.15) is 12.3 Å². The van der Waals surface area contributed by atoms with Crippen molar-refractivity contribution in [2.45, 2.75) is 32.2 Å². The molecule has 6 heteroatoms. The van der Waals surface area contributed by atoms with Gasteiger partial charge in [-0.2, -0.15) is 0 Å². The van der Waals surface area contributed by atoms with Gasteiger partial charge in [-0.3, -0.25) is 14.5 Å². The van der Waals surface area contributed by atoms with Crippen molar-refractivity contribution in [1.29, 1.82) is 0 Å². The summed E-state index contributed by atoms with van der Waals surface area (Å²) in [5.41, 5.74) is 2.95. The Hall–Kier alpha value is -3.12. The molecule has 5 nitrogen and oxygen atoms in total. The summed E-state index contributed by atoms with van der Waals surface area (Å²) in [6.07, 6.45) is 2.38. The molecule has 2 aromatic carbocycles. The molecular weight excluding hydrogens is 408 g/mol. The number of hydrogen-bond acceptors (Lipinski definition) is 4. The Morgan fingerprint density at radius 3 is 2.68 bits per heavy atom. The van der Waals surface area contributed by atoms with Crippen LogP contribution >= 0.6 is 11.3 Å². The van der Waals surface area contributed by atoms with E-state index in [0.29, 0.717) is 18.0 Å². The molecule has 0 aliphatic carbocycles. The fourth-order valence-corrected chi connectivity index (χ4v) is 4.59. The van der Waals surface area contributed by atoms with Crippen molar-refractivity contribution in [2.75, 3.05) is 18.1 Å². The van der Waals surface area contributed by atoms with E-state index in [1.54, 1.807) is 11.3 Å². The van der Waals surface area contributed by atoms with E-state index in [-0.39, 0.29) is 30.8 Å². The molecule has 0 saturated carbocycles. The molecule has 0 saturated heterocycles. The van der Waals surface area contributed by atoms with Gasteiger partial charge < -0.3 is 10.1 Å². The molecule has 0 fully saturated rings. The number of carbonyl (C=O) groups excluding carboxylic acids is 2. The number of carbonyl (C=O) groups is 2. The van der Waals surface area contributed by atoms with Gasteiger partial charge in [-0.05, 0) is 41.1 Å². The van der Waals surface area contributed by atoms with E-state index in [1.165, 1.54) is 10.5 Å². The van der Waals surface area contributed by atoms with Crippen LogP contribution in [0, 0.1) is 0 Å². The first-order valence-electron chi connectivity index (χ1n) is 10.6. The van der Waals surface area contributed by atoms with E-state index in [2.05, 4.69) is 36.5 Å². The molecular formula is C25H26N2O3S. The van der Waals surface area contributed by atoms with E-state index in [4.69, 9.17) is 4.74 Å². The average molecular weight is 435 g/mol. The number of amides is 2. The first-order chi connectivity index (χ1) is 15.2. The normalized spacial score (nSPS) is 14.4. The van der Waals surface area contributed by atoms with E-state index >= 15 is 0 Å². The largest absolute Gasteiger partial charge is 0.491 e. The molecule has 160 valence electrons. The van der Waals surface area contributed by atoms with Crippen LogP contribution in [0.25, 0.3) is 0 Å². The second-order valence-corrected chi connectivity index (χ2v) is 8.53. The highest BCUT2D eigenvalue weighted by atomic mass is 32.1. The Morgan fingerprint density at radius 2 is 1.94 bits per heavy atom. The molecule has 2 heterocycles. The highest BCUT2D eigenvalue weighted by Crippen LogP contribution is 2.31. The maximum Gasteiger partial charge on any atom is 0.240 e.